The van der Waals surface area contributed by atoms with E-state index in [1.54, 1.807) is 12.1 Å². The maximum absolute atomic E-state index is 12.3. The first-order chi connectivity index (χ1) is 9.13. The SMILES string of the molecule is CSc1ccc([N+](=O)[O-])c(C(=O)N2CCCCO2)c1. The summed E-state index contributed by atoms with van der Waals surface area (Å²) in [5.41, 5.74) is -0.101. The zero-order valence-corrected chi connectivity index (χ0v) is 11.3. The highest BCUT2D eigenvalue weighted by Crippen LogP contribution is 2.26. The maximum atomic E-state index is 12.3. The minimum Gasteiger partial charge on any atom is -0.271 e. The Bertz CT molecular complexity index is 501. The van der Waals surface area contributed by atoms with Gasteiger partial charge in [-0.3, -0.25) is 19.7 Å². The average molecular weight is 282 g/mol. The van der Waals surface area contributed by atoms with Crippen molar-refractivity contribution in [1.82, 2.24) is 5.06 Å². The lowest BCUT2D eigenvalue weighted by atomic mass is 10.1. The van der Waals surface area contributed by atoms with E-state index in [9.17, 15) is 14.9 Å². The third-order valence-electron chi connectivity index (χ3n) is 2.86. The van der Waals surface area contributed by atoms with E-state index in [2.05, 4.69) is 0 Å². The lowest BCUT2D eigenvalue weighted by Gasteiger charge is -2.25. The Kier molecular flexibility index (Phi) is 4.39. The van der Waals surface area contributed by atoms with Crippen molar-refractivity contribution in [2.45, 2.75) is 17.7 Å². The van der Waals surface area contributed by atoms with Gasteiger partial charge >= 0.3 is 0 Å². The van der Waals surface area contributed by atoms with Crippen LogP contribution in [0.5, 0.6) is 0 Å². The molecule has 1 saturated heterocycles. The second-order valence-electron chi connectivity index (χ2n) is 4.09. The fraction of sp³-hybridized carbons (Fsp3) is 0.417. The van der Waals surface area contributed by atoms with Crippen molar-refractivity contribution < 1.29 is 14.6 Å². The van der Waals surface area contributed by atoms with Gasteiger partial charge in [-0.25, -0.2) is 5.06 Å². The Labute approximate surface area is 114 Å². The largest absolute Gasteiger partial charge is 0.284 e. The molecule has 0 N–H and O–H groups in total. The van der Waals surface area contributed by atoms with Crippen LogP contribution in [-0.2, 0) is 4.84 Å². The standard InChI is InChI=1S/C12H14N2O4S/c1-19-9-4-5-11(14(16)17)10(8-9)12(15)13-6-2-3-7-18-13/h4-5,8H,2-3,6-7H2,1H3. The monoisotopic (exact) mass is 282 g/mol. The molecule has 2 rings (SSSR count). The average Bonchev–Trinajstić information content (AvgIpc) is 2.46. The minimum absolute atomic E-state index is 0.0822. The van der Waals surface area contributed by atoms with Gasteiger partial charge < -0.3 is 0 Å². The first-order valence-corrected chi connectivity index (χ1v) is 7.13. The number of amides is 1. The second kappa shape index (κ2) is 6.03. The van der Waals surface area contributed by atoms with E-state index in [0.717, 1.165) is 17.7 Å². The molecular weight excluding hydrogens is 268 g/mol. The number of hydrogen-bond donors (Lipinski definition) is 0. The minimum atomic E-state index is -0.540. The quantitative estimate of drug-likeness (QED) is 0.484. The number of nitro groups is 1. The molecule has 0 aromatic heterocycles. The molecule has 1 fully saturated rings. The summed E-state index contributed by atoms with van der Waals surface area (Å²) in [6.07, 6.45) is 3.60. The molecule has 0 radical (unpaired) electrons. The third-order valence-corrected chi connectivity index (χ3v) is 3.59. The number of hydrogen-bond acceptors (Lipinski definition) is 5. The van der Waals surface area contributed by atoms with Crippen molar-refractivity contribution in [3.63, 3.8) is 0 Å². The molecule has 1 aliphatic rings. The lowest BCUT2D eigenvalue weighted by Crippen LogP contribution is -2.36. The van der Waals surface area contributed by atoms with Crippen LogP contribution in [0, 0.1) is 10.1 Å². The van der Waals surface area contributed by atoms with Gasteiger partial charge in [0.25, 0.3) is 11.6 Å². The van der Waals surface area contributed by atoms with E-state index >= 15 is 0 Å². The van der Waals surface area contributed by atoms with Crippen LogP contribution < -0.4 is 0 Å². The summed E-state index contributed by atoms with van der Waals surface area (Å²) in [6.45, 7) is 0.946. The van der Waals surface area contributed by atoms with E-state index in [1.807, 2.05) is 6.26 Å². The van der Waals surface area contributed by atoms with Crippen LogP contribution in [-0.4, -0.2) is 35.3 Å². The number of nitro benzene ring substituents is 1. The normalized spacial score (nSPS) is 15.3. The van der Waals surface area contributed by atoms with Crippen molar-refractivity contribution in [2.24, 2.45) is 0 Å². The number of benzene rings is 1. The molecule has 7 heteroatoms. The van der Waals surface area contributed by atoms with Gasteiger partial charge in [-0.1, -0.05) is 0 Å². The predicted octanol–water partition coefficient (Wildman–Crippen LogP) is 2.48. The zero-order chi connectivity index (χ0) is 13.8. The van der Waals surface area contributed by atoms with Crippen molar-refractivity contribution >= 4 is 23.4 Å². The molecule has 19 heavy (non-hydrogen) atoms. The molecule has 6 nitrogen and oxygen atoms in total. The first-order valence-electron chi connectivity index (χ1n) is 5.90. The Morgan fingerprint density at radius 1 is 1.47 bits per heavy atom. The van der Waals surface area contributed by atoms with Gasteiger partial charge in [0.1, 0.15) is 5.56 Å². The summed E-state index contributed by atoms with van der Waals surface area (Å²) in [5.74, 6) is -0.442. The fourth-order valence-electron chi connectivity index (χ4n) is 1.86. The number of carbonyl (C=O) groups is 1. The van der Waals surface area contributed by atoms with Gasteiger partial charge in [-0.2, -0.15) is 0 Å². The van der Waals surface area contributed by atoms with Gasteiger partial charge in [-0.15, -0.1) is 11.8 Å². The first kappa shape index (κ1) is 13.8. The Hall–Kier alpha value is -1.60. The molecule has 102 valence electrons. The van der Waals surface area contributed by atoms with Crippen molar-refractivity contribution in [3.05, 3.63) is 33.9 Å². The topological polar surface area (TPSA) is 72.7 Å². The Morgan fingerprint density at radius 3 is 2.84 bits per heavy atom. The molecule has 1 heterocycles. The number of rotatable bonds is 3. The number of thioether (sulfide) groups is 1. The molecule has 0 saturated carbocycles. The molecule has 0 bridgehead atoms. The molecule has 1 aromatic rings. The van der Waals surface area contributed by atoms with Crippen LogP contribution in [0.2, 0.25) is 0 Å². The van der Waals surface area contributed by atoms with Crippen LogP contribution in [0.15, 0.2) is 23.1 Å². The van der Waals surface area contributed by atoms with Crippen molar-refractivity contribution in [3.8, 4) is 0 Å². The third kappa shape index (κ3) is 3.05. The van der Waals surface area contributed by atoms with Crippen LogP contribution in [0.25, 0.3) is 0 Å². The highest BCUT2D eigenvalue weighted by atomic mass is 32.2. The highest BCUT2D eigenvalue weighted by Gasteiger charge is 2.27. The van der Waals surface area contributed by atoms with E-state index in [0.29, 0.717) is 13.2 Å². The summed E-state index contributed by atoms with van der Waals surface area (Å²) in [4.78, 5) is 28.8. The molecule has 0 atom stereocenters. The fourth-order valence-corrected chi connectivity index (χ4v) is 2.30. The molecule has 1 aromatic carbocycles. The summed E-state index contributed by atoms with van der Waals surface area (Å²) < 4.78 is 0. The number of carbonyl (C=O) groups excluding carboxylic acids is 1. The van der Waals surface area contributed by atoms with E-state index in [1.165, 1.54) is 22.9 Å². The number of hydroxylamine groups is 2. The number of nitrogens with zero attached hydrogens (tertiary/aromatic N) is 2. The summed E-state index contributed by atoms with van der Waals surface area (Å²) >= 11 is 1.43. The highest BCUT2D eigenvalue weighted by molar-refractivity contribution is 7.98. The Morgan fingerprint density at radius 2 is 2.26 bits per heavy atom. The van der Waals surface area contributed by atoms with Crippen LogP contribution in [0.4, 0.5) is 5.69 Å². The van der Waals surface area contributed by atoms with Crippen molar-refractivity contribution in [2.75, 3.05) is 19.4 Å². The zero-order valence-electron chi connectivity index (χ0n) is 10.5. The molecule has 1 amide bonds. The molecule has 0 aliphatic carbocycles. The Balaban J connectivity index is 2.34. The van der Waals surface area contributed by atoms with Crippen LogP contribution in [0.3, 0.4) is 0 Å². The van der Waals surface area contributed by atoms with Crippen molar-refractivity contribution in [1.29, 1.82) is 0 Å². The summed E-state index contributed by atoms with van der Waals surface area (Å²) in [6, 6.07) is 4.54. The van der Waals surface area contributed by atoms with Gasteiger partial charge in [0.2, 0.25) is 0 Å². The smallest absolute Gasteiger partial charge is 0.271 e. The van der Waals surface area contributed by atoms with E-state index < -0.39 is 10.8 Å². The predicted molar refractivity (Wildman–Crippen MR) is 71.1 cm³/mol. The lowest BCUT2D eigenvalue weighted by molar-refractivity contribution is -0.385. The molecule has 0 spiro atoms. The summed E-state index contributed by atoms with van der Waals surface area (Å²) in [7, 11) is 0. The molecular formula is C12H14N2O4S. The maximum Gasteiger partial charge on any atom is 0.284 e. The van der Waals surface area contributed by atoms with Crippen LogP contribution in [0.1, 0.15) is 23.2 Å². The van der Waals surface area contributed by atoms with Gasteiger partial charge in [0.05, 0.1) is 11.5 Å². The second-order valence-corrected chi connectivity index (χ2v) is 4.97. The van der Waals surface area contributed by atoms with E-state index in [-0.39, 0.29) is 11.3 Å². The van der Waals surface area contributed by atoms with Gasteiger partial charge in [0, 0.05) is 17.5 Å². The van der Waals surface area contributed by atoms with Crippen LogP contribution >= 0.6 is 11.8 Å². The van der Waals surface area contributed by atoms with E-state index in [4.69, 9.17) is 4.84 Å². The van der Waals surface area contributed by atoms with Gasteiger partial charge in [-0.05, 0) is 31.2 Å². The van der Waals surface area contributed by atoms with Gasteiger partial charge in [0.15, 0.2) is 0 Å². The molecule has 1 aliphatic heterocycles. The summed E-state index contributed by atoms with van der Waals surface area (Å²) in [5, 5.41) is 12.2. The molecule has 0 unspecified atom stereocenters.